The number of aromatic amines is 2. The summed E-state index contributed by atoms with van der Waals surface area (Å²) in [6.45, 7) is 7.09. The number of nitrogens with zero attached hydrogens (tertiary/aromatic N) is 3. The van der Waals surface area contributed by atoms with Crippen LogP contribution in [0.4, 0.5) is 0 Å². The number of rotatable bonds is 6. The molecule has 2 heterocycles. The third-order valence-corrected chi connectivity index (χ3v) is 6.56. The predicted molar refractivity (Wildman–Crippen MR) is 126 cm³/mol. The Bertz CT molecular complexity index is 1330. The minimum absolute atomic E-state index is 0.124. The topological polar surface area (TPSA) is 94.7 Å². The lowest BCUT2D eigenvalue weighted by molar-refractivity contribution is 0.163. The molecule has 164 valence electrons. The van der Waals surface area contributed by atoms with Gasteiger partial charge in [0.1, 0.15) is 11.6 Å². The van der Waals surface area contributed by atoms with Gasteiger partial charge in [0.2, 0.25) is 0 Å². The Labute approximate surface area is 185 Å². The number of aryl methyl sites for hydroxylation is 2. The van der Waals surface area contributed by atoms with Crippen LogP contribution in [0.3, 0.4) is 0 Å². The van der Waals surface area contributed by atoms with Crippen molar-refractivity contribution in [1.82, 2.24) is 24.8 Å². The Morgan fingerprint density at radius 1 is 0.875 bits per heavy atom. The lowest BCUT2D eigenvalue weighted by Gasteiger charge is -2.28. The summed E-state index contributed by atoms with van der Waals surface area (Å²) in [5.41, 5.74) is 3.18. The molecule has 0 radical (unpaired) electrons. The summed E-state index contributed by atoms with van der Waals surface area (Å²) < 4.78 is 0. The third-order valence-electron chi connectivity index (χ3n) is 6.56. The van der Waals surface area contributed by atoms with Crippen LogP contribution in [0.25, 0.3) is 21.8 Å². The molecule has 1 aliphatic carbocycles. The van der Waals surface area contributed by atoms with Crippen molar-refractivity contribution < 1.29 is 0 Å². The van der Waals surface area contributed by atoms with E-state index >= 15 is 0 Å². The van der Waals surface area contributed by atoms with Crippen molar-refractivity contribution in [1.29, 1.82) is 0 Å². The molecule has 0 saturated heterocycles. The lowest BCUT2D eigenvalue weighted by atomic mass is 10.1. The number of H-pyrrole nitrogens is 2. The minimum atomic E-state index is -0.124. The Kier molecular flexibility index (Phi) is 5.13. The van der Waals surface area contributed by atoms with Gasteiger partial charge in [-0.25, -0.2) is 9.97 Å². The van der Waals surface area contributed by atoms with E-state index in [1.807, 2.05) is 38.1 Å². The van der Waals surface area contributed by atoms with E-state index in [9.17, 15) is 9.59 Å². The van der Waals surface area contributed by atoms with Crippen molar-refractivity contribution in [3.8, 4) is 0 Å². The van der Waals surface area contributed by atoms with Gasteiger partial charge in [0.25, 0.3) is 11.1 Å². The van der Waals surface area contributed by atoms with Gasteiger partial charge >= 0.3 is 0 Å². The predicted octanol–water partition coefficient (Wildman–Crippen LogP) is 3.58. The van der Waals surface area contributed by atoms with Crippen molar-refractivity contribution in [3.63, 3.8) is 0 Å². The molecule has 32 heavy (non-hydrogen) atoms. The second-order valence-electron chi connectivity index (χ2n) is 8.95. The number of benzene rings is 2. The van der Waals surface area contributed by atoms with E-state index in [4.69, 9.17) is 9.97 Å². The van der Waals surface area contributed by atoms with E-state index in [1.165, 1.54) is 12.8 Å². The number of para-hydroxylation sites is 2. The Hall–Kier alpha value is -3.32. The highest BCUT2D eigenvalue weighted by molar-refractivity contribution is 5.81. The van der Waals surface area contributed by atoms with Gasteiger partial charge in [-0.15, -0.1) is 0 Å². The van der Waals surface area contributed by atoms with Crippen LogP contribution in [-0.4, -0.2) is 30.9 Å². The van der Waals surface area contributed by atoms with E-state index in [-0.39, 0.29) is 17.2 Å². The number of fused-ring (bicyclic) bond motifs is 2. The molecular weight excluding hydrogens is 402 g/mol. The molecule has 0 amide bonds. The minimum Gasteiger partial charge on any atom is -0.309 e. The number of nitrogens with one attached hydrogen (secondary N) is 2. The van der Waals surface area contributed by atoms with Gasteiger partial charge in [-0.1, -0.05) is 24.3 Å². The van der Waals surface area contributed by atoms with Crippen molar-refractivity contribution in [2.45, 2.75) is 52.7 Å². The first-order valence-electron chi connectivity index (χ1n) is 11.1. The van der Waals surface area contributed by atoms with E-state index in [2.05, 4.69) is 21.8 Å². The van der Waals surface area contributed by atoms with E-state index < -0.39 is 0 Å². The molecule has 0 bridgehead atoms. The molecule has 2 aromatic carbocycles. The van der Waals surface area contributed by atoms with Crippen molar-refractivity contribution in [2.24, 2.45) is 5.92 Å². The highest BCUT2D eigenvalue weighted by atomic mass is 16.1. The van der Waals surface area contributed by atoms with Crippen molar-refractivity contribution in [3.05, 3.63) is 79.9 Å². The average molecular weight is 430 g/mol. The maximum absolute atomic E-state index is 12.7. The Balaban J connectivity index is 1.52. The van der Waals surface area contributed by atoms with Crippen LogP contribution in [0, 0.1) is 19.8 Å². The molecule has 1 unspecified atom stereocenters. The van der Waals surface area contributed by atoms with Crippen LogP contribution in [-0.2, 0) is 13.1 Å². The van der Waals surface area contributed by atoms with Crippen molar-refractivity contribution >= 4 is 21.8 Å². The molecule has 1 aliphatic rings. The first-order chi connectivity index (χ1) is 15.4. The highest BCUT2D eigenvalue weighted by Gasteiger charge is 2.32. The fourth-order valence-electron chi connectivity index (χ4n) is 4.46. The highest BCUT2D eigenvalue weighted by Crippen LogP contribution is 2.36. The summed E-state index contributed by atoms with van der Waals surface area (Å²) in [7, 11) is 0. The monoisotopic (exact) mass is 429 g/mol. The zero-order chi connectivity index (χ0) is 22.4. The Morgan fingerprint density at radius 2 is 1.34 bits per heavy atom. The largest absolute Gasteiger partial charge is 0.309 e. The molecule has 2 aromatic heterocycles. The molecular formula is C25H27N5O2. The second kappa shape index (κ2) is 7.98. The molecule has 0 aliphatic heterocycles. The molecule has 1 fully saturated rings. The van der Waals surface area contributed by atoms with Crippen LogP contribution >= 0.6 is 0 Å². The van der Waals surface area contributed by atoms with Crippen molar-refractivity contribution in [2.75, 3.05) is 0 Å². The number of aromatic nitrogens is 4. The van der Waals surface area contributed by atoms with Crippen LogP contribution in [0.1, 0.15) is 42.5 Å². The smallest absolute Gasteiger partial charge is 0.258 e. The van der Waals surface area contributed by atoms with E-state index in [0.717, 1.165) is 22.2 Å². The summed E-state index contributed by atoms with van der Waals surface area (Å²) in [5, 5.41) is 1.21. The summed E-state index contributed by atoms with van der Waals surface area (Å²) in [6.07, 6.45) is 2.39. The van der Waals surface area contributed by atoms with Gasteiger partial charge in [0.15, 0.2) is 0 Å². The van der Waals surface area contributed by atoms with E-state index in [0.29, 0.717) is 41.4 Å². The average Bonchev–Trinajstić information content (AvgIpc) is 3.60. The molecule has 1 atom stereocenters. The first kappa shape index (κ1) is 20.6. The molecule has 5 rings (SSSR count). The lowest BCUT2D eigenvalue weighted by Crippen LogP contribution is -2.36. The second-order valence-corrected chi connectivity index (χ2v) is 8.95. The summed E-state index contributed by atoms with van der Waals surface area (Å²) in [5.74, 6) is 1.87. The maximum Gasteiger partial charge on any atom is 0.258 e. The van der Waals surface area contributed by atoms with Gasteiger partial charge in [0, 0.05) is 6.04 Å². The molecule has 0 spiro atoms. The molecule has 7 nitrogen and oxygen atoms in total. The number of hydrogen-bond donors (Lipinski definition) is 2. The van der Waals surface area contributed by atoms with Gasteiger partial charge in [0.05, 0.1) is 34.9 Å². The zero-order valence-corrected chi connectivity index (χ0v) is 18.6. The van der Waals surface area contributed by atoms with Gasteiger partial charge in [-0.3, -0.25) is 14.5 Å². The Morgan fingerprint density at radius 3 is 1.78 bits per heavy atom. The fraction of sp³-hybridized carbons (Fsp3) is 0.360. The molecule has 4 aromatic rings. The quantitative estimate of drug-likeness (QED) is 0.489. The van der Waals surface area contributed by atoms with Crippen LogP contribution < -0.4 is 11.1 Å². The summed E-state index contributed by atoms with van der Waals surface area (Å²) in [4.78, 5) is 43.0. The molecule has 1 saturated carbocycles. The zero-order valence-electron chi connectivity index (χ0n) is 18.6. The number of hydrogen-bond acceptors (Lipinski definition) is 5. The SMILES string of the molecule is Cc1cccc2c(=O)[nH]c(CN(Cc3nc4c(C)cccc4c(=O)[nH]3)C(C)C3CC3)nc12. The third kappa shape index (κ3) is 3.84. The van der Waals surface area contributed by atoms with E-state index in [1.54, 1.807) is 12.1 Å². The van der Waals surface area contributed by atoms with Gasteiger partial charge in [-0.05, 0) is 62.8 Å². The summed E-state index contributed by atoms with van der Waals surface area (Å²) >= 11 is 0. The van der Waals surface area contributed by atoms with Gasteiger partial charge < -0.3 is 9.97 Å². The molecule has 2 N–H and O–H groups in total. The fourth-order valence-corrected chi connectivity index (χ4v) is 4.46. The van der Waals surface area contributed by atoms with Crippen LogP contribution in [0.5, 0.6) is 0 Å². The summed E-state index contributed by atoms with van der Waals surface area (Å²) in [6, 6.07) is 11.6. The van der Waals surface area contributed by atoms with Crippen LogP contribution in [0.2, 0.25) is 0 Å². The molecule has 7 heteroatoms. The standard InChI is InChI=1S/C25H27N5O2/c1-14-6-4-8-18-22(14)26-20(28-24(18)31)12-30(16(3)17-10-11-17)13-21-27-23-15(2)7-5-9-19(23)25(32)29-21/h4-9,16-17H,10-13H2,1-3H3,(H,26,28,31)(H,27,29,32). The normalized spacial score (nSPS) is 15.0. The van der Waals surface area contributed by atoms with Crippen LogP contribution in [0.15, 0.2) is 46.0 Å². The van der Waals surface area contributed by atoms with Gasteiger partial charge in [-0.2, -0.15) is 0 Å². The first-order valence-corrected chi connectivity index (χ1v) is 11.1. The maximum atomic E-state index is 12.7.